The first kappa shape index (κ1) is 22.5. The molecule has 2 saturated heterocycles. The molecule has 3 rings (SSSR count). The van der Waals surface area contributed by atoms with Gasteiger partial charge in [-0.3, -0.25) is 14.5 Å². The summed E-state index contributed by atoms with van der Waals surface area (Å²) in [6, 6.07) is 9.74. The van der Waals surface area contributed by atoms with E-state index < -0.39 is 0 Å². The highest BCUT2D eigenvalue weighted by Gasteiger charge is 2.33. The van der Waals surface area contributed by atoms with Gasteiger partial charge in [0.15, 0.2) is 0 Å². The van der Waals surface area contributed by atoms with Gasteiger partial charge in [0.2, 0.25) is 11.8 Å². The van der Waals surface area contributed by atoms with Crippen molar-refractivity contribution in [2.24, 2.45) is 5.92 Å². The lowest BCUT2D eigenvalue weighted by molar-refractivity contribution is -0.139. The van der Waals surface area contributed by atoms with Crippen LogP contribution in [0.5, 0.6) is 0 Å². The summed E-state index contributed by atoms with van der Waals surface area (Å²) < 4.78 is 5.14. The van der Waals surface area contributed by atoms with E-state index in [0.29, 0.717) is 19.0 Å². The second-order valence-corrected chi connectivity index (χ2v) is 8.28. The van der Waals surface area contributed by atoms with Crippen molar-refractivity contribution in [3.05, 3.63) is 42.0 Å². The molecule has 0 aromatic heterocycles. The predicted octanol–water partition coefficient (Wildman–Crippen LogP) is 2.56. The minimum absolute atomic E-state index is 0.0304. The highest BCUT2D eigenvalue weighted by molar-refractivity contribution is 5.89. The zero-order valence-corrected chi connectivity index (χ0v) is 18.1. The van der Waals surface area contributed by atoms with Crippen molar-refractivity contribution < 1.29 is 14.3 Å². The van der Waals surface area contributed by atoms with Crippen molar-refractivity contribution >= 4 is 17.9 Å². The Kier molecular flexibility index (Phi) is 8.90. The SMILES string of the molecule is COCCCC1CCN(C(=O)CC2C(=O)NCCN2C/C=C/c2ccccc2)CC1. The van der Waals surface area contributed by atoms with E-state index in [1.807, 2.05) is 23.1 Å². The van der Waals surface area contributed by atoms with Crippen LogP contribution in [0.3, 0.4) is 0 Å². The Hall–Kier alpha value is -2.18. The van der Waals surface area contributed by atoms with Crippen molar-refractivity contribution in [2.45, 2.75) is 38.1 Å². The van der Waals surface area contributed by atoms with Crippen LogP contribution in [0.2, 0.25) is 0 Å². The van der Waals surface area contributed by atoms with Crippen molar-refractivity contribution in [2.75, 3.05) is 46.4 Å². The molecule has 164 valence electrons. The Labute approximate surface area is 180 Å². The molecule has 1 aromatic carbocycles. The van der Waals surface area contributed by atoms with Crippen molar-refractivity contribution in [3.63, 3.8) is 0 Å². The Morgan fingerprint density at radius 1 is 1.20 bits per heavy atom. The molecule has 30 heavy (non-hydrogen) atoms. The summed E-state index contributed by atoms with van der Waals surface area (Å²) in [5, 5.41) is 2.93. The van der Waals surface area contributed by atoms with E-state index in [1.54, 1.807) is 7.11 Å². The van der Waals surface area contributed by atoms with Gasteiger partial charge < -0.3 is 15.0 Å². The number of nitrogens with one attached hydrogen (secondary N) is 1. The zero-order chi connectivity index (χ0) is 21.2. The smallest absolute Gasteiger partial charge is 0.237 e. The number of ether oxygens (including phenoxy) is 1. The van der Waals surface area contributed by atoms with Crippen LogP contribution in [-0.2, 0) is 14.3 Å². The Bertz CT molecular complexity index is 699. The monoisotopic (exact) mass is 413 g/mol. The van der Waals surface area contributed by atoms with Crippen molar-refractivity contribution in [3.8, 4) is 0 Å². The zero-order valence-electron chi connectivity index (χ0n) is 18.1. The second-order valence-electron chi connectivity index (χ2n) is 8.28. The quantitative estimate of drug-likeness (QED) is 0.632. The molecule has 0 bridgehead atoms. The molecule has 0 saturated carbocycles. The van der Waals surface area contributed by atoms with Gasteiger partial charge in [0.25, 0.3) is 0 Å². The van der Waals surface area contributed by atoms with E-state index in [1.165, 1.54) is 6.42 Å². The molecule has 0 spiro atoms. The van der Waals surface area contributed by atoms with Crippen molar-refractivity contribution in [1.29, 1.82) is 0 Å². The number of amides is 2. The van der Waals surface area contributed by atoms with Gasteiger partial charge in [-0.1, -0.05) is 42.5 Å². The second kappa shape index (κ2) is 11.9. The number of piperidine rings is 1. The van der Waals surface area contributed by atoms with Crippen LogP contribution in [-0.4, -0.2) is 74.1 Å². The molecule has 1 unspecified atom stereocenters. The third kappa shape index (κ3) is 6.67. The number of rotatable bonds is 9. The summed E-state index contributed by atoms with van der Waals surface area (Å²) in [6.45, 7) is 4.49. The van der Waals surface area contributed by atoms with Gasteiger partial charge in [0.05, 0.1) is 12.5 Å². The van der Waals surface area contributed by atoms with Crippen LogP contribution in [0.25, 0.3) is 6.08 Å². The van der Waals surface area contributed by atoms with Crippen LogP contribution in [0, 0.1) is 5.92 Å². The summed E-state index contributed by atoms with van der Waals surface area (Å²) in [6.07, 6.45) is 8.77. The molecule has 1 atom stereocenters. The minimum Gasteiger partial charge on any atom is -0.385 e. The number of benzene rings is 1. The fourth-order valence-corrected chi connectivity index (χ4v) is 4.37. The molecular formula is C24H35N3O3. The largest absolute Gasteiger partial charge is 0.385 e. The highest BCUT2D eigenvalue weighted by atomic mass is 16.5. The van der Waals surface area contributed by atoms with Crippen LogP contribution < -0.4 is 5.32 Å². The van der Waals surface area contributed by atoms with E-state index in [-0.39, 0.29) is 24.3 Å². The Balaban J connectivity index is 1.49. The third-order valence-electron chi connectivity index (χ3n) is 6.19. The number of carbonyl (C=O) groups excluding carboxylic acids is 2. The van der Waals surface area contributed by atoms with Gasteiger partial charge in [-0.2, -0.15) is 0 Å². The highest BCUT2D eigenvalue weighted by Crippen LogP contribution is 2.23. The summed E-state index contributed by atoms with van der Waals surface area (Å²) in [7, 11) is 1.74. The number of carbonyl (C=O) groups is 2. The lowest BCUT2D eigenvalue weighted by Gasteiger charge is -2.37. The Morgan fingerprint density at radius 3 is 2.70 bits per heavy atom. The molecule has 2 aliphatic heterocycles. The summed E-state index contributed by atoms with van der Waals surface area (Å²) in [4.78, 5) is 29.5. The molecular weight excluding hydrogens is 378 g/mol. The average molecular weight is 414 g/mol. The molecule has 2 heterocycles. The summed E-state index contributed by atoms with van der Waals surface area (Å²) in [5.74, 6) is 0.753. The van der Waals surface area contributed by atoms with Gasteiger partial charge in [-0.15, -0.1) is 0 Å². The van der Waals surface area contributed by atoms with Crippen LogP contribution in [0.4, 0.5) is 0 Å². The van der Waals surface area contributed by atoms with Crippen LogP contribution >= 0.6 is 0 Å². The first-order valence-corrected chi connectivity index (χ1v) is 11.2. The standard InChI is InChI=1S/C24H35N3O3/c1-30-18-6-10-21-11-15-27(16-12-21)23(28)19-22-24(29)25-13-17-26(22)14-5-9-20-7-3-2-4-8-20/h2-5,7-9,21-22H,6,10-19H2,1H3,(H,25,29)/b9-5+. The first-order chi connectivity index (χ1) is 14.7. The molecule has 2 amide bonds. The van der Waals surface area contributed by atoms with E-state index in [9.17, 15) is 9.59 Å². The van der Waals surface area contributed by atoms with Gasteiger partial charge in [-0.25, -0.2) is 0 Å². The number of nitrogens with zero attached hydrogens (tertiary/aromatic N) is 2. The maximum absolute atomic E-state index is 12.9. The average Bonchev–Trinajstić information content (AvgIpc) is 2.77. The Morgan fingerprint density at radius 2 is 1.97 bits per heavy atom. The maximum Gasteiger partial charge on any atom is 0.237 e. The third-order valence-corrected chi connectivity index (χ3v) is 6.19. The molecule has 1 aromatic rings. The number of likely N-dealkylation sites (tertiary alicyclic amines) is 1. The molecule has 1 N–H and O–H groups in total. The summed E-state index contributed by atoms with van der Waals surface area (Å²) >= 11 is 0. The molecule has 6 heteroatoms. The maximum atomic E-state index is 12.9. The normalized spacial score (nSPS) is 21.2. The topological polar surface area (TPSA) is 61.9 Å². The van der Waals surface area contributed by atoms with Crippen LogP contribution in [0.15, 0.2) is 36.4 Å². The molecule has 2 fully saturated rings. The van der Waals surface area contributed by atoms with Gasteiger partial charge in [-0.05, 0) is 37.2 Å². The fraction of sp³-hybridized carbons (Fsp3) is 0.583. The first-order valence-electron chi connectivity index (χ1n) is 11.2. The molecule has 0 radical (unpaired) electrons. The number of hydrogen-bond acceptors (Lipinski definition) is 4. The van der Waals surface area contributed by atoms with Crippen molar-refractivity contribution in [1.82, 2.24) is 15.1 Å². The van der Waals surface area contributed by atoms with E-state index in [2.05, 4.69) is 34.5 Å². The fourth-order valence-electron chi connectivity index (χ4n) is 4.37. The minimum atomic E-state index is -0.383. The van der Waals surface area contributed by atoms with E-state index in [4.69, 9.17) is 4.74 Å². The molecule has 6 nitrogen and oxygen atoms in total. The molecule has 0 aliphatic carbocycles. The number of piperazine rings is 1. The van der Waals surface area contributed by atoms with Gasteiger partial charge >= 0.3 is 0 Å². The van der Waals surface area contributed by atoms with Gasteiger partial charge in [0.1, 0.15) is 0 Å². The van der Waals surface area contributed by atoms with E-state index >= 15 is 0 Å². The predicted molar refractivity (Wildman–Crippen MR) is 119 cm³/mol. The van der Waals surface area contributed by atoms with Gasteiger partial charge in [0, 0.05) is 46.4 Å². The van der Waals surface area contributed by atoms with E-state index in [0.717, 1.165) is 51.1 Å². The number of hydrogen-bond donors (Lipinski definition) is 1. The lowest BCUT2D eigenvalue weighted by Crippen LogP contribution is -2.56. The summed E-state index contributed by atoms with van der Waals surface area (Å²) in [5.41, 5.74) is 1.14. The molecule has 2 aliphatic rings. The van der Waals surface area contributed by atoms with Crippen LogP contribution in [0.1, 0.15) is 37.7 Å². The lowest BCUT2D eigenvalue weighted by atomic mass is 9.92. The number of methoxy groups -OCH3 is 1.